The van der Waals surface area contributed by atoms with Gasteiger partial charge < -0.3 is 14.6 Å². The smallest absolute Gasteiger partial charge is 0.305 e. The summed E-state index contributed by atoms with van der Waals surface area (Å²) >= 11 is 0. The van der Waals surface area contributed by atoms with E-state index in [1.165, 1.54) is 0 Å². The quantitative estimate of drug-likeness (QED) is 0.891. The van der Waals surface area contributed by atoms with Gasteiger partial charge in [-0.3, -0.25) is 9.59 Å². The summed E-state index contributed by atoms with van der Waals surface area (Å²) in [5, 5.41) is 10.3. The molecule has 0 saturated heterocycles. The van der Waals surface area contributed by atoms with Crippen LogP contribution in [0.15, 0.2) is 35.3 Å². The summed E-state index contributed by atoms with van der Waals surface area (Å²) in [4.78, 5) is 25.0. The summed E-state index contributed by atoms with van der Waals surface area (Å²) in [7, 11) is 1.85. The van der Waals surface area contributed by atoms with E-state index in [9.17, 15) is 9.59 Å². The number of carboxylic acid groups (broad SMARTS) is 1. The molecule has 118 valence electrons. The summed E-state index contributed by atoms with van der Waals surface area (Å²) in [5.41, 5.74) is 0.931. The first kappa shape index (κ1) is 16.1. The molecule has 2 rings (SSSR count). The molecule has 1 heterocycles. The highest BCUT2D eigenvalue weighted by molar-refractivity contribution is 5.85. The lowest BCUT2D eigenvalue weighted by atomic mass is 10.1. The van der Waals surface area contributed by atoms with Crippen LogP contribution < -0.4 is 10.5 Å². The zero-order valence-electron chi connectivity index (χ0n) is 13.2. The molecule has 5 nitrogen and oxygen atoms in total. The SMILES string of the molecule is CC(C)Cn1ccc2cc(N(C)CCC(=O)O)ccc2c1=O. The molecule has 0 fully saturated rings. The van der Waals surface area contributed by atoms with Crippen molar-refractivity contribution in [3.8, 4) is 0 Å². The average Bonchev–Trinajstić information content (AvgIpc) is 2.47. The van der Waals surface area contributed by atoms with Crippen LogP contribution >= 0.6 is 0 Å². The normalized spacial score (nSPS) is 11.1. The van der Waals surface area contributed by atoms with Crippen molar-refractivity contribution in [2.75, 3.05) is 18.5 Å². The lowest BCUT2D eigenvalue weighted by molar-refractivity contribution is -0.136. The first-order valence-electron chi connectivity index (χ1n) is 7.44. The number of pyridine rings is 1. The number of fused-ring (bicyclic) bond motifs is 1. The van der Waals surface area contributed by atoms with Gasteiger partial charge in [-0.05, 0) is 35.6 Å². The van der Waals surface area contributed by atoms with Gasteiger partial charge in [-0.25, -0.2) is 0 Å². The van der Waals surface area contributed by atoms with Gasteiger partial charge in [0.15, 0.2) is 0 Å². The number of aromatic nitrogens is 1. The first-order chi connectivity index (χ1) is 10.4. The average molecular weight is 302 g/mol. The van der Waals surface area contributed by atoms with E-state index < -0.39 is 5.97 Å². The third-order valence-electron chi connectivity index (χ3n) is 3.62. The molecule has 1 aromatic heterocycles. The molecule has 5 heteroatoms. The molecule has 0 aliphatic carbocycles. The van der Waals surface area contributed by atoms with Crippen LogP contribution in [0.25, 0.3) is 10.8 Å². The van der Waals surface area contributed by atoms with Crippen LogP contribution in [0.1, 0.15) is 20.3 Å². The van der Waals surface area contributed by atoms with E-state index in [1.807, 2.05) is 42.4 Å². The minimum Gasteiger partial charge on any atom is -0.481 e. The number of hydrogen-bond acceptors (Lipinski definition) is 3. The molecule has 0 radical (unpaired) electrons. The van der Waals surface area contributed by atoms with Gasteiger partial charge in [0.2, 0.25) is 0 Å². The lowest BCUT2D eigenvalue weighted by Gasteiger charge is -2.19. The Kier molecular flexibility index (Phi) is 4.85. The van der Waals surface area contributed by atoms with Gasteiger partial charge >= 0.3 is 5.97 Å². The molecule has 0 aliphatic rings. The van der Waals surface area contributed by atoms with E-state index in [0.29, 0.717) is 24.4 Å². The number of anilines is 1. The molecule has 0 atom stereocenters. The van der Waals surface area contributed by atoms with Gasteiger partial charge in [0.25, 0.3) is 5.56 Å². The van der Waals surface area contributed by atoms with Gasteiger partial charge in [0.1, 0.15) is 0 Å². The summed E-state index contributed by atoms with van der Waals surface area (Å²) < 4.78 is 1.74. The maximum atomic E-state index is 12.4. The van der Waals surface area contributed by atoms with Crippen molar-refractivity contribution in [1.29, 1.82) is 0 Å². The Bertz CT molecular complexity index is 734. The van der Waals surface area contributed by atoms with Crippen LogP contribution in [-0.4, -0.2) is 29.2 Å². The second-order valence-electron chi connectivity index (χ2n) is 6.00. The molecule has 2 aromatic rings. The molecule has 1 aromatic carbocycles. The maximum absolute atomic E-state index is 12.4. The second-order valence-corrected chi connectivity index (χ2v) is 6.00. The number of rotatable bonds is 6. The topological polar surface area (TPSA) is 62.5 Å². The van der Waals surface area contributed by atoms with Gasteiger partial charge in [-0.15, -0.1) is 0 Å². The highest BCUT2D eigenvalue weighted by atomic mass is 16.4. The van der Waals surface area contributed by atoms with Crippen LogP contribution in [0.4, 0.5) is 5.69 Å². The molecule has 0 saturated carbocycles. The molecule has 22 heavy (non-hydrogen) atoms. The molecule has 0 spiro atoms. The summed E-state index contributed by atoms with van der Waals surface area (Å²) in [6.45, 7) is 5.30. The molecule has 0 amide bonds. The zero-order valence-corrected chi connectivity index (χ0v) is 13.2. The zero-order chi connectivity index (χ0) is 16.3. The van der Waals surface area contributed by atoms with Gasteiger partial charge in [0.05, 0.1) is 6.42 Å². The van der Waals surface area contributed by atoms with Gasteiger partial charge in [-0.1, -0.05) is 13.8 Å². The Labute approximate surface area is 129 Å². The van der Waals surface area contributed by atoms with E-state index in [-0.39, 0.29) is 12.0 Å². The van der Waals surface area contributed by atoms with Gasteiger partial charge in [-0.2, -0.15) is 0 Å². The van der Waals surface area contributed by atoms with Crippen LogP contribution in [0.5, 0.6) is 0 Å². The van der Waals surface area contributed by atoms with Gasteiger partial charge in [0, 0.05) is 37.4 Å². The predicted molar refractivity (Wildman–Crippen MR) is 88.6 cm³/mol. The Morgan fingerprint density at radius 2 is 2.05 bits per heavy atom. The van der Waals surface area contributed by atoms with Crippen molar-refractivity contribution >= 4 is 22.4 Å². The first-order valence-corrected chi connectivity index (χ1v) is 7.44. The Morgan fingerprint density at radius 3 is 2.68 bits per heavy atom. The number of carboxylic acids is 1. The summed E-state index contributed by atoms with van der Waals surface area (Å²) in [5.74, 6) is -0.402. The second kappa shape index (κ2) is 6.64. The number of hydrogen-bond donors (Lipinski definition) is 1. The standard InChI is InChI=1S/C17H22N2O3/c1-12(2)11-19-9-6-13-10-14(4-5-15(13)17(19)22)18(3)8-7-16(20)21/h4-6,9-10,12H,7-8,11H2,1-3H3,(H,20,21). The van der Waals surface area contributed by atoms with Crippen molar-refractivity contribution in [3.63, 3.8) is 0 Å². The summed E-state index contributed by atoms with van der Waals surface area (Å²) in [6.07, 6.45) is 1.91. The number of aliphatic carboxylic acids is 1. The third-order valence-corrected chi connectivity index (χ3v) is 3.62. The molecular formula is C17H22N2O3. The van der Waals surface area contributed by atoms with Crippen molar-refractivity contribution in [2.45, 2.75) is 26.8 Å². The largest absolute Gasteiger partial charge is 0.481 e. The van der Waals surface area contributed by atoms with E-state index in [1.54, 1.807) is 4.57 Å². The van der Waals surface area contributed by atoms with Crippen molar-refractivity contribution in [3.05, 3.63) is 40.8 Å². The fourth-order valence-electron chi connectivity index (χ4n) is 2.44. The number of carbonyl (C=O) groups is 1. The Balaban J connectivity index is 2.32. The fourth-order valence-corrected chi connectivity index (χ4v) is 2.44. The highest BCUT2D eigenvalue weighted by Gasteiger charge is 2.08. The number of benzene rings is 1. The molecular weight excluding hydrogens is 280 g/mol. The number of nitrogens with zero attached hydrogens (tertiary/aromatic N) is 2. The third kappa shape index (κ3) is 3.67. The highest BCUT2D eigenvalue weighted by Crippen LogP contribution is 2.19. The lowest BCUT2D eigenvalue weighted by Crippen LogP contribution is -2.23. The molecule has 0 unspecified atom stereocenters. The molecule has 1 N–H and O–H groups in total. The fraction of sp³-hybridized carbons (Fsp3) is 0.412. The molecule has 0 bridgehead atoms. The van der Waals surface area contributed by atoms with E-state index in [0.717, 1.165) is 11.1 Å². The van der Waals surface area contributed by atoms with Crippen molar-refractivity contribution in [2.24, 2.45) is 5.92 Å². The minimum absolute atomic E-state index is 0.0194. The van der Waals surface area contributed by atoms with Crippen LogP contribution in [0, 0.1) is 5.92 Å². The monoisotopic (exact) mass is 302 g/mol. The van der Waals surface area contributed by atoms with E-state index >= 15 is 0 Å². The van der Waals surface area contributed by atoms with Crippen LogP contribution in [0.3, 0.4) is 0 Å². The predicted octanol–water partition coefficient (Wildman–Crippen LogP) is 2.57. The Hall–Kier alpha value is -2.30. The minimum atomic E-state index is -0.816. The maximum Gasteiger partial charge on any atom is 0.305 e. The Morgan fingerprint density at radius 1 is 1.32 bits per heavy atom. The molecule has 0 aliphatic heterocycles. The van der Waals surface area contributed by atoms with Crippen LogP contribution in [-0.2, 0) is 11.3 Å². The summed E-state index contributed by atoms with van der Waals surface area (Å²) in [6, 6.07) is 7.55. The van der Waals surface area contributed by atoms with E-state index in [4.69, 9.17) is 5.11 Å². The van der Waals surface area contributed by atoms with Crippen LogP contribution in [0.2, 0.25) is 0 Å². The van der Waals surface area contributed by atoms with Crippen molar-refractivity contribution in [1.82, 2.24) is 4.57 Å². The van der Waals surface area contributed by atoms with Crippen molar-refractivity contribution < 1.29 is 9.90 Å². The van der Waals surface area contributed by atoms with E-state index in [2.05, 4.69) is 13.8 Å².